The third kappa shape index (κ3) is 8.40. The van der Waals surface area contributed by atoms with Crippen molar-refractivity contribution in [3.63, 3.8) is 0 Å². The number of rotatable bonds is 8. The molecule has 0 fully saturated rings. The molecule has 1 amide bonds. The summed E-state index contributed by atoms with van der Waals surface area (Å²) in [4.78, 5) is 23.5. The molecular weight excluding hydrogens is 327 g/mol. The SMILES string of the molecule is CCOC(=O)[C@@H](CCCC(F)(F)F)NC(=O)OCc1ccccc1. The van der Waals surface area contributed by atoms with Crippen molar-refractivity contribution in [1.82, 2.24) is 5.32 Å². The van der Waals surface area contributed by atoms with Crippen LogP contribution in [0.3, 0.4) is 0 Å². The Morgan fingerprint density at radius 2 is 1.83 bits per heavy atom. The molecule has 1 rings (SSSR count). The normalized spacial score (nSPS) is 12.3. The molecule has 0 bridgehead atoms. The lowest BCUT2D eigenvalue weighted by molar-refractivity contribution is -0.147. The molecule has 0 heterocycles. The lowest BCUT2D eigenvalue weighted by atomic mass is 10.1. The van der Waals surface area contributed by atoms with E-state index in [2.05, 4.69) is 5.32 Å². The number of hydrogen-bond acceptors (Lipinski definition) is 4. The fourth-order valence-electron chi connectivity index (χ4n) is 1.91. The van der Waals surface area contributed by atoms with E-state index in [1.165, 1.54) is 0 Å². The van der Waals surface area contributed by atoms with Crippen LogP contribution >= 0.6 is 0 Å². The molecule has 0 aliphatic heterocycles. The fraction of sp³-hybridized carbons (Fsp3) is 0.500. The van der Waals surface area contributed by atoms with Gasteiger partial charge in [0.05, 0.1) is 6.61 Å². The van der Waals surface area contributed by atoms with Crippen LogP contribution < -0.4 is 5.32 Å². The summed E-state index contributed by atoms with van der Waals surface area (Å²) in [6.07, 6.45) is -6.72. The second-order valence-corrected chi connectivity index (χ2v) is 5.02. The van der Waals surface area contributed by atoms with Gasteiger partial charge in [-0.1, -0.05) is 30.3 Å². The first-order chi connectivity index (χ1) is 11.3. The van der Waals surface area contributed by atoms with Gasteiger partial charge in [0.1, 0.15) is 12.6 Å². The van der Waals surface area contributed by atoms with Crippen LogP contribution in [-0.4, -0.2) is 30.9 Å². The molecule has 1 aromatic carbocycles. The summed E-state index contributed by atoms with van der Waals surface area (Å²) in [5.41, 5.74) is 0.748. The highest BCUT2D eigenvalue weighted by atomic mass is 19.4. The number of carbonyl (C=O) groups excluding carboxylic acids is 2. The van der Waals surface area contributed by atoms with Gasteiger partial charge in [-0.25, -0.2) is 9.59 Å². The summed E-state index contributed by atoms with van der Waals surface area (Å²) in [6, 6.07) is 7.68. The van der Waals surface area contributed by atoms with Crippen molar-refractivity contribution in [2.24, 2.45) is 0 Å². The maximum absolute atomic E-state index is 12.2. The summed E-state index contributed by atoms with van der Waals surface area (Å²) >= 11 is 0. The molecular formula is C16H20F3NO4. The van der Waals surface area contributed by atoms with Crippen LogP contribution in [0.4, 0.5) is 18.0 Å². The highest BCUT2D eigenvalue weighted by Crippen LogP contribution is 2.22. The number of halogens is 3. The van der Waals surface area contributed by atoms with Crippen LogP contribution in [-0.2, 0) is 20.9 Å². The number of hydrogen-bond donors (Lipinski definition) is 1. The molecule has 8 heteroatoms. The second kappa shape index (κ2) is 9.79. The van der Waals surface area contributed by atoms with Gasteiger partial charge in [0.15, 0.2) is 0 Å². The van der Waals surface area contributed by atoms with Gasteiger partial charge < -0.3 is 14.8 Å². The Morgan fingerprint density at radius 3 is 2.42 bits per heavy atom. The van der Waals surface area contributed by atoms with Crippen LogP contribution in [0.2, 0.25) is 0 Å². The Morgan fingerprint density at radius 1 is 1.17 bits per heavy atom. The molecule has 0 saturated carbocycles. The third-order valence-electron chi connectivity index (χ3n) is 3.03. The van der Waals surface area contributed by atoms with Gasteiger partial charge in [-0.2, -0.15) is 13.2 Å². The van der Waals surface area contributed by atoms with Crippen molar-refractivity contribution in [2.75, 3.05) is 6.61 Å². The zero-order valence-electron chi connectivity index (χ0n) is 13.3. The molecule has 0 aromatic heterocycles. The van der Waals surface area contributed by atoms with Crippen molar-refractivity contribution in [3.05, 3.63) is 35.9 Å². The first-order valence-electron chi connectivity index (χ1n) is 7.52. The Balaban J connectivity index is 2.50. The summed E-state index contributed by atoms with van der Waals surface area (Å²) in [5, 5.41) is 2.26. The van der Waals surface area contributed by atoms with E-state index >= 15 is 0 Å². The zero-order valence-corrected chi connectivity index (χ0v) is 13.3. The van der Waals surface area contributed by atoms with Gasteiger partial charge in [-0.05, 0) is 25.3 Å². The second-order valence-electron chi connectivity index (χ2n) is 5.02. The summed E-state index contributed by atoms with van der Waals surface area (Å²) in [5.74, 6) is -0.781. The van der Waals surface area contributed by atoms with Crippen LogP contribution in [0, 0.1) is 0 Å². The monoisotopic (exact) mass is 347 g/mol. The quantitative estimate of drug-likeness (QED) is 0.730. The number of amides is 1. The fourth-order valence-corrected chi connectivity index (χ4v) is 1.91. The highest BCUT2D eigenvalue weighted by Gasteiger charge is 2.29. The van der Waals surface area contributed by atoms with E-state index in [1.807, 2.05) is 0 Å². The van der Waals surface area contributed by atoms with Crippen molar-refractivity contribution < 1.29 is 32.2 Å². The average Bonchev–Trinajstić information content (AvgIpc) is 2.52. The Bertz CT molecular complexity index is 520. The molecule has 0 saturated heterocycles. The van der Waals surface area contributed by atoms with Crippen molar-refractivity contribution in [1.29, 1.82) is 0 Å². The minimum absolute atomic E-state index is 0.00916. The summed E-state index contributed by atoms with van der Waals surface area (Å²) in [6.45, 7) is 1.62. The maximum atomic E-state index is 12.2. The lowest BCUT2D eigenvalue weighted by Gasteiger charge is -2.17. The topological polar surface area (TPSA) is 64.6 Å². The molecule has 0 unspecified atom stereocenters. The van der Waals surface area contributed by atoms with Gasteiger partial charge in [0, 0.05) is 6.42 Å². The molecule has 1 N–H and O–H groups in total. The molecule has 0 spiro atoms. The molecule has 134 valence electrons. The van der Waals surface area contributed by atoms with Crippen LogP contribution in [0.25, 0.3) is 0 Å². The van der Waals surface area contributed by atoms with Crippen molar-refractivity contribution in [2.45, 2.75) is 45.0 Å². The standard InChI is InChI=1S/C16H20F3NO4/c1-2-23-14(21)13(9-6-10-16(17,18)19)20-15(22)24-11-12-7-4-3-5-8-12/h3-5,7-8,13H,2,6,9-11H2,1H3,(H,20,22)/t13-/m1/s1. The van der Waals surface area contributed by atoms with E-state index in [-0.39, 0.29) is 26.1 Å². The van der Waals surface area contributed by atoms with Crippen LogP contribution in [0.15, 0.2) is 30.3 Å². The third-order valence-corrected chi connectivity index (χ3v) is 3.03. The number of esters is 1. The number of ether oxygens (including phenoxy) is 2. The van der Waals surface area contributed by atoms with E-state index in [4.69, 9.17) is 9.47 Å². The van der Waals surface area contributed by atoms with E-state index in [0.29, 0.717) is 0 Å². The largest absolute Gasteiger partial charge is 0.464 e. The Kier molecular flexibility index (Phi) is 8.08. The molecule has 0 radical (unpaired) electrons. The molecule has 5 nitrogen and oxygen atoms in total. The lowest BCUT2D eigenvalue weighted by Crippen LogP contribution is -2.42. The summed E-state index contributed by atoms with van der Waals surface area (Å²) < 4.78 is 46.3. The minimum atomic E-state index is -4.31. The van der Waals surface area contributed by atoms with E-state index in [0.717, 1.165) is 5.56 Å². The first-order valence-corrected chi connectivity index (χ1v) is 7.52. The first kappa shape index (κ1) is 19.8. The van der Waals surface area contributed by atoms with Gasteiger partial charge in [0.2, 0.25) is 0 Å². The predicted octanol–water partition coefficient (Wildman–Crippen LogP) is 3.58. The van der Waals surface area contributed by atoms with Gasteiger partial charge in [-0.15, -0.1) is 0 Å². The summed E-state index contributed by atoms with van der Waals surface area (Å²) in [7, 11) is 0. The molecule has 0 aliphatic carbocycles. The van der Waals surface area contributed by atoms with E-state index in [9.17, 15) is 22.8 Å². The number of benzene rings is 1. The maximum Gasteiger partial charge on any atom is 0.408 e. The molecule has 24 heavy (non-hydrogen) atoms. The smallest absolute Gasteiger partial charge is 0.408 e. The Hall–Kier alpha value is -2.25. The van der Waals surface area contributed by atoms with E-state index in [1.54, 1.807) is 37.3 Å². The van der Waals surface area contributed by atoms with Gasteiger partial charge in [0.25, 0.3) is 0 Å². The molecule has 1 aromatic rings. The molecule has 0 aliphatic rings. The van der Waals surface area contributed by atoms with Crippen molar-refractivity contribution in [3.8, 4) is 0 Å². The zero-order chi connectivity index (χ0) is 18.0. The number of nitrogens with one attached hydrogen (secondary N) is 1. The van der Waals surface area contributed by atoms with Gasteiger partial charge in [-0.3, -0.25) is 0 Å². The number of alkyl carbamates (subject to hydrolysis) is 1. The predicted molar refractivity (Wildman–Crippen MR) is 80.1 cm³/mol. The van der Waals surface area contributed by atoms with Crippen LogP contribution in [0.5, 0.6) is 0 Å². The minimum Gasteiger partial charge on any atom is -0.464 e. The highest BCUT2D eigenvalue weighted by molar-refractivity contribution is 5.81. The Labute approximate surface area is 138 Å². The van der Waals surface area contributed by atoms with Crippen molar-refractivity contribution >= 4 is 12.1 Å². The van der Waals surface area contributed by atoms with Gasteiger partial charge >= 0.3 is 18.2 Å². The van der Waals surface area contributed by atoms with E-state index < -0.39 is 30.7 Å². The average molecular weight is 347 g/mol. The number of carbonyl (C=O) groups is 2. The number of alkyl halides is 3. The van der Waals surface area contributed by atoms with Crippen LogP contribution in [0.1, 0.15) is 31.7 Å². The molecule has 1 atom stereocenters.